The minimum absolute atomic E-state index is 0.0762. The van der Waals surface area contributed by atoms with E-state index in [2.05, 4.69) is 27.3 Å². The lowest BCUT2D eigenvalue weighted by Gasteiger charge is -2.10. The highest BCUT2D eigenvalue weighted by Gasteiger charge is 2.17. The summed E-state index contributed by atoms with van der Waals surface area (Å²) < 4.78 is 28.0. The number of anilines is 1. The van der Waals surface area contributed by atoms with E-state index in [-0.39, 0.29) is 9.92 Å². The van der Waals surface area contributed by atoms with Gasteiger partial charge in [-0.15, -0.1) is 0 Å². The topological polar surface area (TPSA) is 46.2 Å². The number of nitrogens with one attached hydrogen (secondary N) is 1. The van der Waals surface area contributed by atoms with Gasteiger partial charge in [0, 0.05) is 9.26 Å². The number of rotatable bonds is 3. The predicted octanol–water partition coefficient (Wildman–Crippen LogP) is 4.05. The molecule has 0 heterocycles. The Morgan fingerprint density at radius 2 is 1.84 bits per heavy atom. The first-order valence-corrected chi connectivity index (χ1v) is 8.37. The highest BCUT2D eigenvalue weighted by atomic mass is 127. The van der Waals surface area contributed by atoms with Crippen LogP contribution in [0.3, 0.4) is 0 Å². The molecule has 0 aromatic heterocycles. The molecule has 0 unspecified atom stereocenters. The Kier molecular flexibility index (Phi) is 4.37. The quantitative estimate of drug-likeness (QED) is 0.780. The number of benzene rings is 2. The third kappa shape index (κ3) is 3.40. The maximum absolute atomic E-state index is 12.2. The van der Waals surface area contributed by atoms with Gasteiger partial charge in [0.15, 0.2) is 0 Å². The van der Waals surface area contributed by atoms with Crippen molar-refractivity contribution in [3.05, 3.63) is 56.6 Å². The molecule has 0 aliphatic heterocycles. The molecule has 3 nitrogen and oxygen atoms in total. The minimum Gasteiger partial charge on any atom is -0.280 e. The van der Waals surface area contributed by atoms with Crippen LogP contribution in [0.4, 0.5) is 5.69 Å². The SMILES string of the molecule is Cc1ccc(NS(=O)(=O)c2ccccc2Cl)cc1I. The van der Waals surface area contributed by atoms with E-state index in [1.807, 2.05) is 13.0 Å². The summed E-state index contributed by atoms with van der Waals surface area (Å²) in [6.07, 6.45) is 0. The van der Waals surface area contributed by atoms with Gasteiger partial charge in [0.05, 0.1) is 5.02 Å². The normalized spacial score (nSPS) is 11.3. The van der Waals surface area contributed by atoms with Gasteiger partial charge in [-0.05, 0) is 59.3 Å². The van der Waals surface area contributed by atoms with E-state index in [0.29, 0.717) is 5.69 Å². The van der Waals surface area contributed by atoms with Gasteiger partial charge < -0.3 is 0 Å². The summed E-state index contributed by atoms with van der Waals surface area (Å²) in [5.41, 5.74) is 1.62. The maximum atomic E-state index is 12.2. The van der Waals surface area contributed by atoms with Crippen LogP contribution in [0.5, 0.6) is 0 Å². The van der Waals surface area contributed by atoms with Crippen LogP contribution >= 0.6 is 34.2 Å². The summed E-state index contributed by atoms with van der Waals surface area (Å²) in [6.45, 7) is 1.97. The standard InChI is InChI=1S/C13H11ClINO2S/c1-9-6-7-10(8-12(9)15)16-19(17,18)13-5-3-2-4-11(13)14/h2-8,16H,1H3. The lowest BCUT2D eigenvalue weighted by Crippen LogP contribution is -2.13. The molecule has 0 saturated carbocycles. The molecule has 2 aromatic rings. The molecule has 0 aliphatic rings. The molecule has 0 radical (unpaired) electrons. The highest BCUT2D eigenvalue weighted by molar-refractivity contribution is 14.1. The summed E-state index contributed by atoms with van der Waals surface area (Å²) in [6, 6.07) is 11.7. The zero-order valence-electron chi connectivity index (χ0n) is 10.0. The summed E-state index contributed by atoms with van der Waals surface area (Å²) in [4.78, 5) is 0.0762. The Hall–Kier alpha value is -0.790. The van der Waals surface area contributed by atoms with Crippen molar-refractivity contribution in [3.63, 3.8) is 0 Å². The maximum Gasteiger partial charge on any atom is 0.263 e. The van der Waals surface area contributed by atoms with Crippen molar-refractivity contribution >= 4 is 49.9 Å². The lowest BCUT2D eigenvalue weighted by atomic mass is 10.2. The van der Waals surface area contributed by atoms with Crippen molar-refractivity contribution in [2.75, 3.05) is 4.72 Å². The average molecular weight is 408 g/mol. The van der Waals surface area contributed by atoms with Crippen molar-refractivity contribution in [3.8, 4) is 0 Å². The van der Waals surface area contributed by atoms with E-state index in [0.717, 1.165) is 9.13 Å². The fourth-order valence-electron chi connectivity index (χ4n) is 1.53. The first-order chi connectivity index (χ1) is 8.90. The van der Waals surface area contributed by atoms with Crippen LogP contribution < -0.4 is 4.72 Å². The molecular formula is C13H11ClINO2S. The van der Waals surface area contributed by atoms with E-state index < -0.39 is 10.0 Å². The number of aryl methyl sites for hydroxylation is 1. The molecule has 0 fully saturated rings. The summed E-state index contributed by atoms with van der Waals surface area (Å²) in [5.74, 6) is 0. The molecule has 0 saturated heterocycles. The zero-order valence-corrected chi connectivity index (χ0v) is 13.8. The van der Waals surface area contributed by atoms with Gasteiger partial charge in [0.2, 0.25) is 0 Å². The van der Waals surface area contributed by atoms with Crippen molar-refractivity contribution in [2.45, 2.75) is 11.8 Å². The smallest absolute Gasteiger partial charge is 0.263 e. The predicted molar refractivity (Wildman–Crippen MR) is 86.2 cm³/mol. The second-order valence-electron chi connectivity index (χ2n) is 4.00. The molecule has 19 heavy (non-hydrogen) atoms. The fourth-order valence-corrected chi connectivity index (χ4v) is 3.61. The average Bonchev–Trinajstić information content (AvgIpc) is 2.34. The van der Waals surface area contributed by atoms with Gasteiger partial charge in [-0.2, -0.15) is 0 Å². The van der Waals surface area contributed by atoms with Gasteiger partial charge in [-0.25, -0.2) is 8.42 Å². The molecule has 0 amide bonds. The fraction of sp³-hybridized carbons (Fsp3) is 0.0769. The van der Waals surface area contributed by atoms with E-state index >= 15 is 0 Å². The molecular weight excluding hydrogens is 397 g/mol. The van der Waals surface area contributed by atoms with Crippen LogP contribution in [0.15, 0.2) is 47.4 Å². The minimum atomic E-state index is -3.66. The Bertz CT molecular complexity index is 716. The van der Waals surface area contributed by atoms with Gasteiger partial charge >= 0.3 is 0 Å². The molecule has 0 atom stereocenters. The molecule has 6 heteroatoms. The largest absolute Gasteiger partial charge is 0.280 e. The van der Waals surface area contributed by atoms with E-state index in [4.69, 9.17) is 11.6 Å². The van der Waals surface area contributed by atoms with E-state index in [9.17, 15) is 8.42 Å². The molecule has 2 aromatic carbocycles. The Labute approximate surface area is 131 Å². The first kappa shape index (κ1) is 14.6. The van der Waals surface area contributed by atoms with E-state index in [1.54, 1.807) is 30.3 Å². The summed E-state index contributed by atoms with van der Waals surface area (Å²) in [7, 11) is -3.66. The van der Waals surface area contributed by atoms with E-state index in [1.165, 1.54) is 6.07 Å². The Balaban J connectivity index is 2.37. The molecule has 0 aliphatic carbocycles. The molecule has 1 N–H and O–H groups in total. The second-order valence-corrected chi connectivity index (χ2v) is 7.22. The van der Waals surface area contributed by atoms with Crippen molar-refractivity contribution in [1.29, 1.82) is 0 Å². The molecule has 100 valence electrons. The van der Waals surface area contributed by atoms with Crippen molar-refractivity contribution < 1.29 is 8.42 Å². The van der Waals surface area contributed by atoms with Crippen LogP contribution in [-0.2, 0) is 10.0 Å². The monoisotopic (exact) mass is 407 g/mol. The van der Waals surface area contributed by atoms with Crippen LogP contribution in [-0.4, -0.2) is 8.42 Å². The highest BCUT2D eigenvalue weighted by Crippen LogP contribution is 2.24. The first-order valence-electron chi connectivity index (χ1n) is 5.43. The van der Waals surface area contributed by atoms with Gasteiger partial charge in [-0.1, -0.05) is 29.8 Å². The number of hydrogen-bond donors (Lipinski definition) is 1. The van der Waals surface area contributed by atoms with Crippen molar-refractivity contribution in [1.82, 2.24) is 0 Å². The van der Waals surface area contributed by atoms with Crippen molar-refractivity contribution in [2.24, 2.45) is 0 Å². The number of halogens is 2. The number of hydrogen-bond acceptors (Lipinski definition) is 2. The molecule has 0 bridgehead atoms. The van der Waals surface area contributed by atoms with Gasteiger partial charge in [0.25, 0.3) is 10.0 Å². The molecule has 0 spiro atoms. The number of sulfonamides is 1. The summed E-state index contributed by atoms with van der Waals surface area (Å²) >= 11 is 8.07. The Morgan fingerprint density at radius 3 is 2.47 bits per heavy atom. The van der Waals surface area contributed by atoms with Crippen LogP contribution in [0.25, 0.3) is 0 Å². The zero-order chi connectivity index (χ0) is 14.0. The Morgan fingerprint density at radius 1 is 1.16 bits per heavy atom. The van der Waals surface area contributed by atoms with Gasteiger partial charge in [0.1, 0.15) is 4.90 Å². The van der Waals surface area contributed by atoms with Gasteiger partial charge in [-0.3, -0.25) is 4.72 Å². The summed E-state index contributed by atoms with van der Waals surface area (Å²) in [5, 5.41) is 0.205. The third-order valence-electron chi connectivity index (χ3n) is 2.55. The van der Waals surface area contributed by atoms with Crippen LogP contribution in [0.1, 0.15) is 5.56 Å². The van der Waals surface area contributed by atoms with Crippen LogP contribution in [0, 0.1) is 10.5 Å². The second kappa shape index (κ2) is 5.68. The molecule has 2 rings (SSSR count). The third-order valence-corrected chi connectivity index (χ3v) is 5.59. The van der Waals surface area contributed by atoms with Crippen LogP contribution in [0.2, 0.25) is 5.02 Å². The lowest BCUT2D eigenvalue weighted by molar-refractivity contribution is 0.601.